The van der Waals surface area contributed by atoms with Gasteiger partial charge in [0.15, 0.2) is 11.5 Å². The fourth-order valence-corrected chi connectivity index (χ4v) is 5.87. The van der Waals surface area contributed by atoms with E-state index in [0.717, 1.165) is 11.8 Å². The van der Waals surface area contributed by atoms with Crippen molar-refractivity contribution >= 4 is 29.6 Å². The van der Waals surface area contributed by atoms with Crippen molar-refractivity contribution in [3.8, 4) is 0 Å². The number of benzene rings is 2. The van der Waals surface area contributed by atoms with E-state index in [1.165, 1.54) is 4.68 Å². The molecule has 1 atom stereocenters. The molecular formula is C28H27ClF6N6O2. The molecule has 230 valence electrons. The zero-order valence-corrected chi connectivity index (χ0v) is 23.5. The Balaban J connectivity index is 1.53. The van der Waals surface area contributed by atoms with Gasteiger partial charge in [-0.05, 0) is 48.2 Å². The lowest BCUT2D eigenvalue weighted by Gasteiger charge is -2.35. The first-order valence-corrected chi connectivity index (χ1v) is 13.9. The molecular weight excluding hydrogens is 602 g/mol. The topological polar surface area (TPSA) is 74.6 Å². The number of alkyl halides is 6. The van der Waals surface area contributed by atoms with Crippen molar-refractivity contribution in [2.75, 3.05) is 44.2 Å². The van der Waals surface area contributed by atoms with Gasteiger partial charge >= 0.3 is 12.4 Å². The third-order valence-corrected chi connectivity index (χ3v) is 8.02. The highest BCUT2D eigenvalue weighted by atomic mass is 35.5. The number of aldehydes is 1. The lowest BCUT2D eigenvalue weighted by Crippen LogP contribution is -2.48. The molecule has 2 fully saturated rings. The van der Waals surface area contributed by atoms with Gasteiger partial charge in [-0.1, -0.05) is 35.0 Å². The van der Waals surface area contributed by atoms with Crippen LogP contribution in [0.1, 0.15) is 51.6 Å². The van der Waals surface area contributed by atoms with Gasteiger partial charge in [0.05, 0.1) is 30.3 Å². The number of anilines is 1. The van der Waals surface area contributed by atoms with E-state index in [-0.39, 0.29) is 35.7 Å². The minimum atomic E-state index is -5.01. The van der Waals surface area contributed by atoms with Gasteiger partial charge in [0.25, 0.3) is 5.91 Å². The summed E-state index contributed by atoms with van der Waals surface area (Å²) in [4.78, 5) is 30.3. The van der Waals surface area contributed by atoms with E-state index < -0.39 is 35.9 Å². The number of likely N-dealkylation sites (tertiary alicyclic amines) is 1. The number of hydrogen-bond acceptors (Lipinski definition) is 6. The third-order valence-electron chi connectivity index (χ3n) is 7.67. The molecule has 0 N–H and O–H groups in total. The molecule has 0 radical (unpaired) electrons. The van der Waals surface area contributed by atoms with Crippen LogP contribution in [-0.2, 0) is 23.7 Å². The predicted molar refractivity (Wildman–Crippen MR) is 145 cm³/mol. The molecule has 15 heteroatoms. The highest BCUT2D eigenvalue weighted by Crippen LogP contribution is 2.39. The monoisotopic (exact) mass is 628 g/mol. The maximum Gasteiger partial charge on any atom is 0.416 e. The van der Waals surface area contributed by atoms with Crippen molar-refractivity contribution in [3.05, 3.63) is 75.4 Å². The van der Waals surface area contributed by atoms with Crippen LogP contribution in [0.15, 0.2) is 42.5 Å². The van der Waals surface area contributed by atoms with Crippen molar-refractivity contribution in [1.82, 2.24) is 24.8 Å². The van der Waals surface area contributed by atoms with Crippen LogP contribution in [0.5, 0.6) is 0 Å². The van der Waals surface area contributed by atoms with Crippen molar-refractivity contribution in [1.29, 1.82) is 0 Å². The van der Waals surface area contributed by atoms with Gasteiger partial charge in [-0.15, -0.1) is 5.10 Å². The molecule has 1 unspecified atom stereocenters. The quantitative estimate of drug-likeness (QED) is 0.261. The van der Waals surface area contributed by atoms with E-state index in [4.69, 9.17) is 11.6 Å². The molecule has 2 aliphatic heterocycles. The Labute approximate surface area is 247 Å². The molecule has 0 saturated carbocycles. The maximum atomic E-state index is 14.0. The van der Waals surface area contributed by atoms with E-state index in [1.54, 1.807) is 21.9 Å². The Morgan fingerprint density at radius 1 is 0.953 bits per heavy atom. The SMILES string of the molecule is O=CCN1CCN(c2c(C(=O)N3CCCC3c3ccccc3Cl)nnn2Cc2cc(C(F)(F)F)cc(C(F)(F)F)c2)CC1. The van der Waals surface area contributed by atoms with Gasteiger partial charge in [-0.25, -0.2) is 4.68 Å². The summed E-state index contributed by atoms with van der Waals surface area (Å²) in [6.07, 6.45) is -7.92. The number of hydrogen-bond donors (Lipinski definition) is 0. The Hall–Kier alpha value is -3.65. The van der Waals surface area contributed by atoms with Gasteiger partial charge in [-0.2, -0.15) is 26.3 Å². The molecule has 3 heterocycles. The maximum absolute atomic E-state index is 14.0. The molecule has 5 rings (SSSR count). The standard InChI is InChI=1S/C28H27ClF6N6O2/c29-22-5-2-1-4-21(22)23-6-3-7-40(23)26(43)24-25(39-10-8-38(9-11-39)12-13-42)41(37-36-24)17-18-14-19(27(30,31)32)16-20(15-18)28(33,34)35/h1-2,4-5,13-16,23H,3,6-12,17H2. The zero-order valence-electron chi connectivity index (χ0n) is 22.7. The van der Waals surface area contributed by atoms with Crippen LogP contribution in [0.25, 0.3) is 0 Å². The summed E-state index contributed by atoms with van der Waals surface area (Å²) < 4.78 is 82.4. The smallest absolute Gasteiger partial charge is 0.352 e. The number of piperazine rings is 1. The molecule has 2 aliphatic rings. The molecule has 0 aliphatic carbocycles. The summed E-state index contributed by atoms with van der Waals surface area (Å²) in [5.74, 6) is -0.287. The molecule has 1 amide bonds. The summed E-state index contributed by atoms with van der Waals surface area (Å²) in [5.41, 5.74) is -2.50. The number of nitrogens with zero attached hydrogens (tertiary/aromatic N) is 6. The number of rotatable bonds is 7. The second kappa shape index (κ2) is 12.2. The molecule has 3 aromatic rings. The van der Waals surface area contributed by atoms with Crippen LogP contribution >= 0.6 is 11.6 Å². The van der Waals surface area contributed by atoms with Crippen LogP contribution in [0.2, 0.25) is 5.02 Å². The Bertz CT molecular complexity index is 1450. The molecule has 8 nitrogen and oxygen atoms in total. The highest BCUT2D eigenvalue weighted by Gasteiger charge is 2.39. The molecule has 43 heavy (non-hydrogen) atoms. The second-order valence-electron chi connectivity index (χ2n) is 10.5. The first-order chi connectivity index (χ1) is 20.4. The largest absolute Gasteiger partial charge is 0.416 e. The van der Waals surface area contributed by atoms with Gasteiger partial charge in [0, 0.05) is 37.7 Å². The van der Waals surface area contributed by atoms with E-state index in [9.17, 15) is 35.9 Å². The van der Waals surface area contributed by atoms with Gasteiger partial charge in [0.1, 0.15) is 6.29 Å². The van der Waals surface area contributed by atoms with Crippen LogP contribution < -0.4 is 4.90 Å². The average Bonchev–Trinajstić information content (AvgIpc) is 3.60. The number of carbonyl (C=O) groups is 2. The van der Waals surface area contributed by atoms with E-state index in [1.807, 2.05) is 17.0 Å². The van der Waals surface area contributed by atoms with E-state index in [2.05, 4.69) is 10.3 Å². The Kier molecular flexibility index (Phi) is 8.70. The van der Waals surface area contributed by atoms with Crippen molar-refractivity contribution in [2.24, 2.45) is 0 Å². The number of carbonyl (C=O) groups excluding carboxylic acids is 2. The number of halogens is 7. The average molecular weight is 629 g/mol. The summed E-state index contributed by atoms with van der Waals surface area (Å²) >= 11 is 6.43. The first kappa shape index (κ1) is 30.8. The van der Waals surface area contributed by atoms with E-state index >= 15 is 0 Å². The summed E-state index contributed by atoms with van der Waals surface area (Å²) in [6.45, 7) is 1.63. The predicted octanol–water partition coefficient (Wildman–Crippen LogP) is 5.32. The normalized spacial score (nSPS) is 18.3. The zero-order chi connectivity index (χ0) is 30.9. The van der Waals surface area contributed by atoms with Crippen molar-refractivity contribution in [3.63, 3.8) is 0 Å². The Morgan fingerprint density at radius 3 is 2.21 bits per heavy atom. The lowest BCUT2D eigenvalue weighted by atomic mass is 10.0. The minimum absolute atomic E-state index is 0.0641. The van der Waals surface area contributed by atoms with Gasteiger partial charge < -0.3 is 14.6 Å². The van der Waals surface area contributed by atoms with E-state index in [0.29, 0.717) is 62.7 Å². The van der Waals surface area contributed by atoms with Gasteiger partial charge in [-0.3, -0.25) is 9.69 Å². The lowest BCUT2D eigenvalue weighted by molar-refractivity contribution is -0.143. The first-order valence-electron chi connectivity index (χ1n) is 13.5. The van der Waals surface area contributed by atoms with Gasteiger partial charge in [0.2, 0.25) is 0 Å². The highest BCUT2D eigenvalue weighted by molar-refractivity contribution is 6.31. The molecule has 2 aromatic carbocycles. The minimum Gasteiger partial charge on any atom is -0.352 e. The summed E-state index contributed by atoms with van der Waals surface area (Å²) in [5, 5.41) is 8.66. The molecule has 0 spiro atoms. The van der Waals surface area contributed by atoms with Crippen molar-refractivity contribution in [2.45, 2.75) is 37.8 Å². The molecule has 0 bridgehead atoms. The number of amides is 1. The third kappa shape index (κ3) is 6.64. The van der Waals surface area contributed by atoms with Crippen LogP contribution in [0, 0.1) is 0 Å². The Morgan fingerprint density at radius 2 is 1.60 bits per heavy atom. The fraction of sp³-hybridized carbons (Fsp3) is 0.429. The summed E-state index contributed by atoms with van der Waals surface area (Å²) in [7, 11) is 0. The van der Waals surface area contributed by atoms with Crippen LogP contribution in [0.3, 0.4) is 0 Å². The van der Waals surface area contributed by atoms with Crippen LogP contribution in [0.4, 0.5) is 32.2 Å². The fourth-order valence-electron chi connectivity index (χ4n) is 5.61. The van der Waals surface area contributed by atoms with Crippen molar-refractivity contribution < 1.29 is 35.9 Å². The number of aromatic nitrogens is 3. The van der Waals surface area contributed by atoms with Crippen LogP contribution in [-0.4, -0.2) is 76.3 Å². The molecule has 2 saturated heterocycles. The second-order valence-corrected chi connectivity index (χ2v) is 10.9. The summed E-state index contributed by atoms with van der Waals surface area (Å²) in [6, 6.07) is 8.13. The molecule has 1 aromatic heterocycles.